The molecule has 0 spiro atoms. The minimum Gasteiger partial charge on any atom is -0.502 e. The molecule has 6 nitrogen and oxygen atoms in total. The number of rotatable bonds is 3. The number of phenolic OH excluding ortho intramolecular Hbond substituents is 1. The predicted molar refractivity (Wildman–Crippen MR) is 70.3 cm³/mol. The Hall–Kier alpha value is -1.82. The normalized spacial score (nSPS) is 11.8. The standard InChI is InChI=1S/C11H14ClN3O3/c1-11(2,3)14-13-6-7-4-8(12)5-9(10(7)16)15(17)18/h4-6,14,16H,1-3H3/b13-6+. The molecule has 1 aromatic rings. The van der Waals surface area contributed by atoms with Gasteiger partial charge in [0.1, 0.15) is 0 Å². The highest BCUT2D eigenvalue weighted by Gasteiger charge is 2.17. The van der Waals surface area contributed by atoms with Crippen molar-refractivity contribution >= 4 is 23.5 Å². The summed E-state index contributed by atoms with van der Waals surface area (Å²) in [5.74, 6) is -0.455. The number of nitro benzene ring substituents is 1. The largest absolute Gasteiger partial charge is 0.502 e. The molecular formula is C11H14ClN3O3. The molecule has 0 aliphatic heterocycles. The number of hydrogen-bond donors (Lipinski definition) is 2. The number of aromatic hydroxyl groups is 1. The van der Waals surface area contributed by atoms with Crippen LogP contribution in [0.15, 0.2) is 17.2 Å². The molecule has 0 bridgehead atoms. The number of hydrazone groups is 1. The third kappa shape index (κ3) is 3.89. The molecule has 7 heteroatoms. The van der Waals surface area contributed by atoms with Crippen LogP contribution < -0.4 is 5.43 Å². The van der Waals surface area contributed by atoms with E-state index in [0.717, 1.165) is 6.07 Å². The topological polar surface area (TPSA) is 87.8 Å². The molecule has 18 heavy (non-hydrogen) atoms. The molecule has 98 valence electrons. The SMILES string of the molecule is CC(C)(C)N/N=C/c1cc(Cl)cc([N+](=O)[O-])c1O. The van der Waals surface area contributed by atoms with E-state index in [4.69, 9.17) is 11.6 Å². The van der Waals surface area contributed by atoms with Gasteiger partial charge in [0.15, 0.2) is 0 Å². The summed E-state index contributed by atoms with van der Waals surface area (Å²) in [5.41, 5.74) is 2.31. The number of halogens is 1. The third-order valence-corrected chi connectivity index (χ3v) is 2.10. The molecule has 1 rings (SSSR count). The van der Waals surface area contributed by atoms with Gasteiger partial charge in [-0.15, -0.1) is 0 Å². The van der Waals surface area contributed by atoms with Gasteiger partial charge in [0, 0.05) is 22.2 Å². The third-order valence-electron chi connectivity index (χ3n) is 1.88. The Morgan fingerprint density at radius 3 is 2.61 bits per heavy atom. The monoisotopic (exact) mass is 271 g/mol. The summed E-state index contributed by atoms with van der Waals surface area (Å²) in [5, 5.41) is 24.4. The molecule has 0 aliphatic carbocycles. The summed E-state index contributed by atoms with van der Waals surface area (Å²) in [6, 6.07) is 2.49. The fraction of sp³-hybridized carbons (Fsp3) is 0.364. The van der Waals surface area contributed by atoms with Crippen molar-refractivity contribution in [2.75, 3.05) is 0 Å². The zero-order valence-electron chi connectivity index (χ0n) is 10.3. The Balaban J connectivity index is 3.06. The molecule has 0 atom stereocenters. The van der Waals surface area contributed by atoms with Crippen molar-refractivity contribution in [1.82, 2.24) is 5.43 Å². The summed E-state index contributed by atoms with van der Waals surface area (Å²) in [7, 11) is 0. The predicted octanol–water partition coefficient (Wildman–Crippen LogP) is 2.68. The maximum atomic E-state index is 10.7. The van der Waals surface area contributed by atoms with Gasteiger partial charge in [-0.05, 0) is 26.8 Å². The molecule has 0 amide bonds. The van der Waals surface area contributed by atoms with E-state index in [1.54, 1.807) is 0 Å². The van der Waals surface area contributed by atoms with Crippen LogP contribution in [0.1, 0.15) is 26.3 Å². The first-order chi connectivity index (χ1) is 8.20. The van der Waals surface area contributed by atoms with Gasteiger partial charge in [-0.1, -0.05) is 11.6 Å². The average molecular weight is 272 g/mol. The Kier molecular flexibility index (Phi) is 4.13. The van der Waals surface area contributed by atoms with E-state index in [-0.39, 0.29) is 16.1 Å². The van der Waals surface area contributed by atoms with Gasteiger partial charge < -0.3 is 10.5 Å². The van der Waals surface area contributed by atoms with Gasteiger partial charge in [-0.3, -0.25) is 10.1 Å². The van der Waals surface area contributed by atoms with E-state index in [0.29, 0.717) is 0 Å². The van der Waals surface area contributed by atoms with Crippen LogP contribution >= 0.6 is 11.6 Å². The van der Waals surface area contributed by atoms with E-state index >= 15 is 0 Å². The second-order valence-corrected chi connectivity index (χ2v) is 5.18. The Labute approximate surface area is 109 Å². The molecule has 0 aromatic heterocycles. The van der Waals surface area contributed by atoms with Crippen molar-refractivity contribution in [1.29, 1.82) is 0 Å². The molecule has 0 unspecified atom stereocenters. The lowest BCUT2D eigenvalue weighted by Gasteiger charge is -2.17. The number of nitrogens with zero attached hydrogens (tertiary/aromatic N) is 2. The summed E-state index contributed by atoms with van der Waals surface area (Å²) in [6.45, 7) is 5.72. The molecule has 2 N–H and O–H groups in total. The van der Waals surface area contributed by atoms with Crippen LogP contribution in [0.4, 0.5) is 5.69 Å². The maximum Gasteiger partial charge on any atom is 0.312 e. The van der Waals surface area contributed by atoms with Gasteiger partial charge in [-0.2, -0.15) is 5.10 Å². The van der Waals surface area contributed by atoms with Crippen LogP contribution in [0.2, 0.25) is 5.02 Å². The zero-order chi connectivity index (χ0) is 13.9. The first-order valence-corrected chi connectivity index (χ1v) is 5.55. The molecule has 1 aromatic carbocycles. The lowest BCUT2D eigenvalue weighted by atomic mass is 10.1. The van der Waals surface area contributed by atoms with Crippen LogP contribution in [0.25, 0.3) is 0 Å². The van der Waals surface area contributed by atoms with Crippen molar-refractivity contribution in [3.63, 3.8) is 0 Å². The molecule has 0 heterocycles. The highest BCUT2D eigenvalue weighted by Crippen LogP contribution is 2.32. The summed E-state index contributed by atoms with van der Waals surface area (Å²) in [4.78, 5) is 9.99. The van der Waals surface area contributed by atoms with E-state index < -0.39 is 16.4 Å². The van der Waals surface area contributed by atoms with Gasteiger partial charge in [0.2, 0.25) is 5.75 Å². The smallest absolute Gasteiger partial charge is 0.312 e. The van der Waals surface area contributed by atoms with Crippen LogP contribution in [0, 0.1) is 10.1 Å². The molecular weight excluding hydrogens is 258 g/mol. The minimum absolute atomic E-state index is 0.164. The molecule has 0 radical (unpaired) electrons. The number of benzene rings is 1. The van der Waals surface area contributed by atoms with E-state index in [1.807, 2.05) is 20.8 Å². The lowest BCUT2D eigenvalue weighted by molar-refractivity contribution is -0.385. The highest BCUT2D eigenvalue weighted by molar-refractivity contribution is 6.31. The second kappa shape index (κ2) is 5.22. The second-order valence-electron chi connectivity index (χ2n) is 4.74. The highest BCUT2D eigenvalue weighted by atomic mass is 35.5. The van der Waals surface area contributed by atoms with Gasteiger partial charge in [0.05, 0.1) is 11.1 Å². The molecule has 0 saturated heterocycles. The Morgan fingerprint density at radius 1 is 1.50 bits per heavy atom. The van der Waals surface area contributed by atoms with Crippen LogP contribution in [-0.4, -0.2) is 21.8 Å². The fourth-order valence-corrected chi connectivity index (χ4v) is 1.36. The average Bonchev–Trinajstić information content (AvgIpc) is 2.20. The first-order valence-electron chi connectivity index (χ1n) is 5.18. The maximum absolute atomic E-state index is 10.7. The first kappa shape index (κ1) is 14.2. The van der Waals surface area contributed by atoms with E-state index in [1.165, 1.54) is 12.3 Å². The minimum atomic E-state index is -0.699. The summed E-state index contributed by atoms with van der Waals surface area (Å²) >= 11 is 5.74. The van der Waals surface area contributed by atoms with Crippen LogP contribution in [0.3, 0.4) is 0 Å². The van der Waals surface area contributed by atoms with Gasteiger partial charge >= 0.3 is 5.69 Å². The molecule has 0 fully saturated rings. The van der Waals surface area contributed by atoms with Crippen molar-refractivity contribution in [2.24, 2.45) is 5.10 Å². The van der Waals surface area contributed by atoms with E-state index in [9.17, 15) is 15.2 Å². The fourth-order valence-electron chi connectivity index (χ4n) is 1.14. The number of phenols is 1. The zero-order valence-corrected chi connectivity index (χ0v) is 11.0. The van der Waals surface area contributed by atoms with Crippen molar-refractivity contribution < 1.29 is 10.0 Å². The van der Waals surface area contributed by atoms with Crippen molar-refractivity contribution in [3.05, 3.63) is 32.8 Å². The van der Waals surface area contributed by atoms with Crippen LogP contribution in [0.5, 0.6) is 5.75 Å². The van der Waals surface area contributed by atoms with Gasteiger partial charge in [0.25, 0.3) is 0 Å². The molecule has 0 saturated carbocycles. The van der Waals surface area contributed by atoms with Crippen LogP contribution in [-0.2, 0) is 0 Å². The van der Waals surface area contributed by atoms with E-state index in [2.05, 4.69) is 10.5 Å². The number of nitrogens with one attached hydrogen (secondary N) is 1. The lowest BCUT2D eigenvalue weighted by Crippen LogP contribution is -2.31. The number of nitro groups is 1. The Bertz CT molecular complexity index is 495. The quantitative estimate of drug-likeness (QED) is 0.503. The summed E-state index contributed by atoms with van der Waals surface area (Å²) in [6.07, 6.45) is 1.29. The number of hydrogen-bond acceptors (Lipinski definition) is 5. The van der Waals surface area contributed by atoms with Crippen molar-refractivity contribution in [2.45, 2.75) is 26.3 Å². The van der Waals surface area contributed by atoms with Gasteiger partial charge in [-0.25, -0.2) is 0 Å². The van der Waals surface area contributed by atoms with Crippen molar-refractivity contribution in [3.8, 4) is 5.75 Å². The Morgan fingerprint density at radius 2 is 2.11 bits per heavy atom. The molecule has 0 aliphatic rings. The summed E-state index contributed by atoms with van der Waals surface area (Å²) < 4.78 is 0.